The predicted molar refractivity (Wildman–Crippen MR) is 167 cm³/mol. The number of hydrogen-bond donors (Lipinski definition) is 2. The number of aromatic nitrogens is 4. The summed E-state index contributed by atoms with van der Waals surface area (Å²) in [6, 6.07) is 13.3. The van der Waals surface area contributed by atoms with E-state index in [2.05, 4.69) is 27.0 Å². The number of nitrogens with two attached hydrogens (primary N) is 1. The smallest absolute Gasteiger partial charge is 0.323 e. The SMILES string of the molecule is CCOc1nc(N)nc2c1ncn2C1OC(COP(NC(C)C(=O)OC2CCCC2)Oc2cccc3ccccc23)CC1C. The number of ether oxygens (including phenoxy) is 3. The molecule has 234 valence electrons. The normalized spacial score (nSPS) is 21.9. The van der Waals surface area contributed by atoms with Crippen LogP contribution in [0.4, 0.5) is 5.95 Å². The number of nitrogen functional groups attached to an aromatic ring is 1. The van der Waals surface area contributed by atoms with Gasteiger partial charge in [0.25, 0.3) is 0 Å². The first-order valence-electron chi connectivity index (χ1n) is 15.2. The Morgan fingerprint density at radius 3 is 2.80 bits per heavy atom. The molecule has 3 heterocycles. The highest BCUT2D eigenvalue weighted by atomic mass is 31.2. The number of hydrogen-bond acceptors (Lipinski definition) is 11. The summed E-state index contributed by atoms with van der Waals surface area (Å²) in [4.78, 5) is 26.0. The van der Waals surface area contributed by atoms with Crippen molar-refractivity contribution >= 4 is 42.4 Å². The molecular weight excluding hydrogens is 583 g/mol. The lowest BCUT2D eigenvalue weighted by atomic mass is 10.1. The molecule has 3 N–H and O–H groups in total. The van der Waals surface area contributed by atoms with Gasteiger partial charge in [-0.3, -0.25) is 9.36 Å². The van der Waals surface area contributed by atoms with Crippen molar-refractivity contribution in [3.8, 4) is 11.6 Å². The van der Waals surface area contributed by atoms with Crippen LogP contribution in [-0.4, -0.2) is 57.0 Å². The fraction of sp³-hybridized carbons (Fsp3) is 0.484. The van der Waals surface area contributed by atoms with E-state index < -0.39 is 14.6 Å². The molecule has 4 aromatic rings. The average molecular weight is 623 g/mol. The number of nitrogens with one attached hydrogen (secondary N) is 1. The Morgan fingerprint density at radius 2 is 1.98 bits per heavy atom. The summed E-state index contributed by atoms with van der Waals surface area (Å²) in [5.41, 5.74) is 7.06. The topological polar surface area (TPSA) is 145 Å². The van der Waals surface area contributed by atoms with Gasteiger partial charge in [0.2, 0.25) is 11.8 Å². The van der Waals surface area contributed by atoms with Crippen molar-refractivity contribution in [2.45, 2.75) is 77.4 Å². The second-order valence-electron chi connectivity index (χ2n) is 11.3. The van der Waals surface area contributed by atoms with E-state index in [1.807, 2.05) is 54.0 Å². The third kappa shape index (κ3) is 6.73. The Hall–Kier alpha value is -3.57. The standard InChI is InChI=1S/C31H39N6O6P/c1-4-39-28-26-27(34-31(32)35-28)37(18-33-26)29-19(2)16-23(41-29)17-40-44(36-20(3)30(38)42-22-12-6-7-13-22)43-25-15-9-11-21-10-5-8-14-24(21)25/h5,8-11,14-15,18-20,22-23,29,36H,4,6-7,12-13,16-17H2,1-3H3,(H2,32,34,35). The van der Waals surface area contributed by atoms with Crippen LogP contribution < -0.4 is 20.1 Å². The van der Waals surface area contributed by atoms with Gasteiger partial charge in [0.15, 0.2) is 11.2 Å². The molecule has 12 nitrogen and oxygen atoms in total. The number of nitrogens with zero attached hydrogens (tertiary/aromatic N) is 4. The van der Waals surface area contributed by atoms with Gasteiger partial charge in [-0.1, -0.05) is 43.3 Å². The number of imidazole rings is 1. The Labute approximate surface area is 257 Å². The van der Waals surface area contributed by atoms with E-state index >= 15 is 0 Å². The van der Waals surface area contributed by atoms with Crippen molar-refractivity contribution in [1.29, 1.82) is 0 Å². The lowest BCUT2D eigenvalue weighted by Crippen LogP contribution is -2.35. The van der Waals surface area contributed by atoms with Gasteiger partial charge >= 0.3 is 14.5 Å². The van der Waals surface area contributed by atoms with Crippen LogP contribution in [0.3, 0.4) is 0 Å². The molecule has 2 aliphatic rings. The predicted octanol–water partition coefficient (Wildman–Crippen LogP) is 5.67. The van der Waals surface area contributed by atoms with E-state index in [9.17, 15) is 4.79 Å². The van der Waals surface area contributed by atoms with Gasteiger partial charge in [-0.25, -0.2) is 10.1 Å². The summed E-state index contributed by atoms with van der Waals surface area (Å²) in [6.45, 7) is 6.45. The first-order valence-corrected chi connectivity index (χ1v) is 16.4. The molecule has 1 aliphatic carbocycles. The van der Waals surface area contributed by atoms with Crippen LogP contribution in [0, 0.1) is 5.92 Å². The van der Waals surface area contributed by atoms with Gasteiger partial charge < -0.3 is 29.0 Å². The fourth-order valence-electron chi connectivity index (χ4n) is 5.78. The Bertz CT molecular complexity index is 1590. The van der Waals surface area contributed by atoms with Crippen LogP contribution in [0.5, 0.6) is 11.6 Å². The third-order valence-electron chi connectivity index (χ3n) is 7.96. The highest BCUT2D eigenvalue weighted by Gasteiger charge is 2.36. The van der Waals surface area contributed by atoms with Gasteiger partial charge in [-0.05, 0) is 57.4 Å². The van der Waals surface area contributed by atoms with Crippen molar-refractivity contribution in [1.82, 2.24) is 24.6 Å². The zero-order chi connectivity index (χ0) is 30.6. The Morgan fingerprint density at radius 1 is 1.18 bits per heavy atom. The number of carbonyl (C=O) groups excluding carboxylic acids is 1. The van der Waals surface area contributed by atoms with Crippen molar-refractivity contribution in [2.24, 2.45) is 5.92 Å². The van der Waals surface area contributed by atoms with E-state index in [4.69, 9.17) is 29.0 Å². The van der Waals surface area contributed by atoms with Crippen LogP contribution in [0.25, 0.3) is 21.9 Å². The number of anilines is 1. The quantitative estimate of drug-likeness (QED) is 0.149. The maximum atomic E-state index is 12.9. The molecule has 44 heavy (non-hydrogen) atoms. The Balaban J connectivity index is 1.16. The van der Waals surface area contributed by atoms with Gasteiger partial charge in [0, 0.05) is 11.3 Å². The first-order chi connectivity index (χ1) is 21.4. The molecule has 2 aromatic carbocycles. The van der Waals surface area contributed by atoms with Crippen LogP contribution in [0.1, 0.15) is 59.1 Å². The Kier molecular flexibility index (Phi) is 9.42. The molecule has 6 rings (SSSR count). The van der Waals surface area contributed by atoms with Crippen LogP contribution in [0.2, 0.25) is 0 Å². The summed E-state index contributed by atoms with van der Waals surface area (Å²) in [7, 11) is -1.73. The zero-order valence-corrected chi connectivity index (χ0v) is 26.1. The van der Waals surface area contributed by atoms with E-state index in [1.54, 1.807) is 13.3 Å². The molecule has 2 fully saturated rings. The van der Waals surface area contributed by atoms with E-state index in [0.717, 1.165) is 42.9 Å². The van der Waals surface area contributed by atoms with Crippen LogP contribution in [0.15, 0.2) is 48.8 Å². The van der Waals surface area contributed by atoms with Gasteiger partial charge in [-0.15, -0.1) is 0 Å². The molecule has 0 radical (unpaired) electrons. The molecular formula is C31H39N6O6P. The molecule has 0 bridgehead atoms. The molecule has 5 atom stereocenters. The number of rotatable bonds is 12. The van der Waals surface area contributed by atoms with Gasteiger partial charge in [0.1, 0.15) is 24.1 Å². The number of benzene rings is 2. The third-order valence-corrected chi connectivity index (χ3v) is 9.31. The second-order valence-corrected chi connectivity index (χ2v) is 12.5. The number of carbonyl (C=O) groups is 1. The van der Waals surface area contributed by atoms with Crippen LogP contribution >= 0.6 is 8.53 Å². The molecule has 1 aliphatic heterocycles. The molecule has 5 unspecified atom stereocenters. The van der Waals surface area contributed by atoms with Crippen molar-refractivity contribution < 1.29 is 28.1 Å². The van der Waals surface area contributed by atoms with Crippen molar-refractivity contribution in [3.63, 3.8) is 0 Å². The summed E-state index contributed by atoms with van der Waals surface area (Å²) in [6.07, 6.45) is 5.82. The van der Waals surface area contributed by atoms with Gasteiger partial charge in [0.05, 0.1) is 25.6 Å². The lowest BCUT2D eigenvalue weighted by Gasteiger charge is -2.24. The van der Waals surface area contributed by atoms with E-state index in [-0.39, 0.29) is 42.9 Å². The number of fused-ring (bicyclic) bond motifs is 2. The minimum absolute atomic E-state index is 0.0207. The minimum atomic E-state index is -1.73. The maximum Gasteiger partial charge on any atom is 0.323 e. The zero-order valence-electron chi connectivity index (χ0n) is 25.2. The summed E-state index contributed by atoms with van der Waals surface area (Å²) in [5.74, 6) is 0.952. The maximum absolute atomic E-state index is 12.9. The van der Waals surface area contributed by atoms with Gasteiger partial charge in [-0.2, -0.15) is 9.97 Å². The lowest BCUT2D eigenvalue weighted by molar-refractivity contribution is -0.150. The van der Waals surface area contributed by atoms with E-state index in [1.165, 1.54) is 0 Å². The molecule has 1 saturated carbocycles. The molecule has 0 spiro atoms. The molecule has 0 amide bonds. The van der Waals surface area contributed by atoms with Crippen molar-refractivity contribution in [3.05, 3.63) is 48.8 Å². The highest BCUT2D eigenvalue weighted by molar-refractivity contribution is 7.45. The second kappa shape index (κ2) is 13.6. The largest absolute Gasteiger partial charge is 0.476 e. The molecule has 1 saturated heterocycles. The summed E-state index contributed by atoms with van der Waals surface area (Å²) < 4.78 is 32.5. The summed E-state index contributed by atoms with van der Waals surface area (Å²) >= 11 is 0. The average Bonchev–Trinajstić information content (AvgIpc) is 3.76. The highest BCUT2D eigenvalue weighted by Crippen LogP contribution is 2.42. The fourth-order valence-corrected chi connectivity index (χ4v) is 7.03. The van der Waals surface area contributed by atoms with Crippen molar-refractivity contribution in [2.75, 3.05) is 18.9 Å². The monoisotopic (exact) mass is 622 g/mol. The first kappa shape index (κ1) is 30.5. The minimum Gasteiger partial charge on any atom is -0.476 e. The van der Waals surface area contributed by atoms with E-state index in [0.29, 0.717) is 29.4 Å². The molecule has 2 aromatic heterocycles. The molecule has 13 heteroatoms. The number of esters is 1. The summed E-state index contributed by atoms with van der Waals surface area (Å²) in [5, 5.41) is 5.26. The van der Waals surface area contributed by atoms with Crippen LogP contribution in [-0.2, 0) is 18.8 Å².